The van der Waals surface area contributed by atoms with E-state index in [1.807, 2.05) is 0 Å². The van der Waals surface area contributed by atoms with Gasteiger partial charge in [-0.1, -0.05) is 6.42 Å². The minimum atomic E-state index is -0.706. The number of nitrogens with zero attached hydrogens (tertiary/aromatic N) is 2. The van der Waals surface area contributed by atoms with Gasteiger partial charge in [-0.25, -0.2) is 14.8 Å². The summed E-state index contributed by atoms with van der Waals surface area (Å²) in [4.78, 5) is 32.7. The smallest absolute Gasteiger partial charge is 0.317 e. The van der Waals surface area contributed by atoms with Gasteiger partial charge in [-0.15, -0.1) is 11.3 Å². The van der Waals surface area contributed by atoms with Gasteiger partial charge in [-0.05, 0) is 25.5 Å². The van der Waals surface area contributed by atoms with E-state index in [-0.39, 0.29) is 11.9 Å². The summed E-state index contributed by atoms with van der Waals surface area (Å²) in [6, 6.07) is 1.09. The molecule has 2 aromatic heterocycles. The fourth-order valence-corrected chi connectivity index (χ4v) is 3.77. The third-order valence-electron chi connectivity index (χ3n) is 3.94. The number of rotatable bonds is 4. The van der Waals surface area contributed by atoms with Gasteiger partial charge < -0.3 is 16.4 Å². The van der Waals surface area contributed by atoms with E-state index < -0.39 is 6.03 Å². The fraction of sp³-hybridized carbons (Fsp3) is 0.375. The van der Waals surface area contributed by atoms with Crippen molar-refractivity contribution in [1.29, 1.82) is 0 Å². The molecule has 9 heteroatoms. The summed E-state index contributed by atoms with van der Waals surface area (Å²) in [6.45, 7) is 1.71. The Morgan fingerprint density at radius 1 is 1.28 bits per heavy atom. The third kappa shape index (κ3) is 4.52. The number of anilines is 1. The summed E-state index contributed by atoms with van der Waals surface area (Å²) in [6.07, 6.45) is 7.86. The Balaban J connectivity index is 1.83. The maximum atomic E-state index is 12.7. The van der Waals surface area contributed by atoms with Gasteiger partial charge in [0.1, 0.15) is 11.3 Å². The number of amides is 3. The number of aromatic nitrogens is 2. The molecule has 1 saturated heterocycles. The molecule has 3 amide bonds. The van der Waals surface area contributed by atoms with Crippen LogP contribution in [0.2, 0.25) is 0 Å². The minimum absolute atomic E-state index is 0.0693. The molecule has 5 N–H and O–H groups in total. The topological polar surface area (TPSA) is 122 Å². The van der Waals surface area contributed by atoms with E-state index in [0.717, 1.165) is 42.8 Å². The molecule has 132 valence electrons. The Kier molecular flexibility index (Phi) is 5.56. The minimum Gasteiger partial charge on any atom is -0.351 e. The first-order chi connectivity index (χ1) is 12.1. The lowest BCUT2D eigenvalue weighted by Gasteiger charge is -2.16. The molecule has 1 atom stereocenters. The summed E-state index contributed by atoms with van der Waals surface area (Å²) in [5.41, 5.74) is 6.41. The first-order valence-corrected chi connectivity index (χ1v) is 8.92. The molecule has 1 aliphatic rings. The molecule has 0 bridgehead atoms. The summed E-state index contributed by atoms with van der Waals surface area (Å²) < 4.78 is 0. The number of carbonyl (C=O) groups is 2. The van der Waals surface area contributed by atoms with E-state index in [2.05, 4.69) is 25.9 Å². The van der Waals surface area contributed by atoms with Gasteiger partial charge in [0, 0.05) is 35.4 Å². The zero-order valence-corrected chi connectivity index (χ0v) is 14.4. The van der Waals surface area contributed by atoms with E-state index in [0.29, 0.717) is 10.6 Å². The highest BCUT2D eigenvalue weighted by Gasteiger charge is 2.21. The number of primary amides is 1. The van der Waals surface area contributed by atoms with Crippen molar-refractivity contribution in [2.75, 3.05) is 18.4 Å². The van der Waals surface area contributed by atoms with Gasteiger partial charge >= 0.3 is 6.03 Å². The standard InChI is InChI=1S/C16H20N6O2S/c17-16(24)22-15-12(5-13(25-15)10-6-19-9-20-7-10)14(23)21-11-3-1-2-4-18-8-11/h5-7,9,11,18H,1-4,8H2,(H,21,23)(H3,17,22,24)/t11-/m0/s1. The SMILES string of the molecule is NC(=O)Nc1sc(-c2cncnc2)cc1C(=O)N[C@H]1CCCCNC1. The molecule has 0 aliphatic carbocycles. The van der Waals surface area contributed by atoms with Crippen molar-refractivity contribution in [2.45, 2.75) is 25.3 Å². The lowest BCUT2D eigenvalue weighted by Crippen LogP contribution is -2.41. The predicted octanol–water partition coefficient (Wildman–Crippen LogP) is 1.57. The molecule has 0 radical (unpaired) electrons. The number of nitrogens with two attached hydrogens (primary N) is 1. The van der Waals surface area contributed by atoms with Crippen LogP contribution in [-0.4, -0.2) is 41.0 Å². The maximum Gasteiger partial charge on any atom is 0.317 e. The molecule has 2 aromatic rings. The molecule has 1 fully saturated rings. The van der Waals surface area contributed by atoms with Crippen molar-refractivity contribution in [3.63, 3.8) is 0 Å². The molecule has 25 heavy (non-hydrogen) atoms. The summed E-state index contributed by atoms with van der Waals surface area (Å²) in [5.74, 6) is -0.225. The highest BCUT2D eigenvalue weighted by Crippen LogP contribution is 2.35. The van der Waals surface area contributed by atoms with E-state index in [9.17, 15) is 9.59 Å². The quantitative estimate of drug-likeness (QED) is 0.659. The van der Waals surface area contributed by atoms with Crippen LogP contribution in [0.3, 0.4) is 0 Å². The Labute approximate surface area is 149 Å². The number of thiophene rings is 1. The zero-order chi connectivity index (χ0) is 17.6. The number of nitrogens with one attached hydrogen (secondary N) is 3. The first-order valence-electron chi connectivity index (χ1n) is 8.10. The number of hydrogen-bond donors (Lipinski definition) is 4. The second-order valence-corrected chi connectivity index (χ2v) is 6.89. The average Bonchev–Trinajstić information content (AvgIpc) is 2.84. The lowest BCUT2D eigenvalue weighted by molar-refractivity contribution is 0.0937. The van der Waals surface area contributed by atoms with Crippen LogP contribution in [0.25, 0.3) is 10.4 Å². The van der Waals surface area contributed by atoms with Crippen molar-refractivity contribution in [1.82, 2.24) is 20.6 Å². The van der Waals surface area contributed by atoms with Gasteiger partial charge in [0.25, 0.3) is 5.91 Å². The van der Waals surface area contributed by atoms with Crippen molar-refractivity contribution in [3.8, 4) is 10.4 Å². The van der Waals surface area contributed by atoms with Crippen molar-refractivity contribution >= 4 is 28.3 Å². The van der Waals surface area contributed by atoms with E-state index in [1.54, 1.807) is 18.5 Å². The molecule has 3 rings (SSSR count). The second kappa shape index (κ2) is 8.04. The average molecular weight is 360 g/mol. The Morgan fingerprint density at radius 2 is 2.08 bits per heavy atom. The zero-order valence-electron chi connectivity index (χ0n) is 13.6. The second-order valence-electron chi connectivity index (χ2n) is 5.84. The van der Waals surface area contributed by atoms with Gasteiger partial charge in [0.05, 0.1) is 5.56 Å². The molecule has 1 aliphatic heterocycles. The fourth-order valence-electron chi connectivity index (χ4n) is 2.74. The van der Waals surface area contributed by atoms with Crippen LogP contribution >= 0.6 is 11.3 Å². The molecular formula is C16H20N6O2S. The molecular weight excluding hydrogens is 340 g/mol. The van der Waals surface area contributed by atoms with Crippen LogP contribution < -0.4 is 21.7 Å². The van der Waals surface area contributed by atoms with Crippen molar-refractivity contribution in [3.05, 3.63) is 30.4 Å². The largest absolute Gasteiger partial charge is 0.351 e. The molecule has 3 heterocycles. The van der Waals surface area contributed by atoms with Gasteiger partial charge in [-0.3, -0.25) is 10.1 Å². The first kappa shape index (κ1) is 17.3. The third-order valence-corrected chi connectivity index (χ3v) is 5.04. The molecule has 0 saturated carbocycles. The van der Waals surface area contributed by atoms with Crippen LogP contribution in [0.4, 0.5) is 9.80 Å². The van der Waals surface area contributed by atoms with Gasteiger partial charge in [-0.2, -0.15) is 0 Å². The highest BCUT2D eigenvalue weighted by atomic mass is 32.1. The monoisotopic (exact) mass is 360 g/mol. The molecule has 0 aromatic carbocycles. The Hall–Kier alpha value is -2.52. The summed E-state index contributed by atoms with van der Waals surface area (Å²) in [5, 5.41) is 9.30. The van der Waals surface area contributed by atoms with Crippen LogP contribution in [0.5, 0.6) is 0 Å². The summed E-state index contributed by atoms with van der Waals surface area (Å²) in [7, 11) is 0. The van der Waals surface area contributed by atoms with Gasteiger partial charge in [0.15, 0.2) is 0 Å². The molecule has 0 unspecified atom stereocenters. The van der Waals surface area contributed by atoms with Crippen molar-refractivity contribution < 1.29 is 9.59 Å². The number of hydrogen-bond acceptors (Lipinski definition) is 6. The highest BCUT2D eigenvalue weighted by molar-refractivity contribution is 7.20. The van der Waals surface area contributed by atoms with Crippen molar-refractivity contribution in [2.24, 2.45) is 5.73 Å². The maximum absolute atomic E-state index is 12.7. The summed E-state index contributed by atoms with van der Waals surface area (Å²) >= 11 is 1.27. The van der Waals surface area contributed by atoms with Gasteiger partial charge in [0.2, 0.25) is 0 Å². The molecule has 0 spiro atoms. The predicted molar refractivity (Wildman–Crippen MR) is 96.5 cm³/mol. The van der Waals surface area contributed by atoms with E-state index in [4.69, 9.17) is 5.73 Å². The Bertz CT molecular complexity index is 740. The van der Waals surface area contributed by atoms with Crippen LogP contribution in [-0.2, 0) is 0 Å². The van der Waals surface area contributed by atoms with Crippen LogP contribution in [0, 0.1) is 0 Å². The normalized spacial score (nSPS) is 17.5. The van der Waals surface area contributed by atoms with E-state index in [1.165, 1.54) is 17.7 Å². The molecule has 8 nitrogen and oxygen atoms in total. The lowest BCUT2D eigenvalue weighted by atomic mass is 10.1. The number of urea groups is 1. The van der Waals surface area contributed by atoms with Crippen LogP contribution in [0.1, 0.15) is 29.6 Å². The number of carbonyl (C=O) groups excluding carboxylic acids is 2. The Morgan fingerprint density at radius 3 is 2.84 bits per heavy atom. The van der Waals surface area contributed by atoms with E-state index >= 15 is 0 Å². The van der Waals surface area contributed by atoms with Crippen LogP contribution in [0.15, 0.2) is 24.8 Å².